The van der Waals surface area contributed by atoms with Crippen molar-refractivity contribution >= 4 is 0 Å². The molecule has 0 fully saturated rings. The van der Waals surface area contributed by atoms with Crippen LogP contribution in [0.5, 0.6) is 5.75 Å². The highest BCUT2D eigenvalue weighted by Crippen LogP contribution is 2.31. The van der Waals surface area contributed by atoms with Crippen LogP contribution in [0.1, 0.15) is 32.4 Å². The molecule has 7 heteroatoms. The van der Waals surface area contributed by atoms with Crippen LogP contribution >= 0.6 is 0 Å². The number of halogens is 4. The Morgan fingerprint density at radius 2 is 1.81 bits per heavy atom. The molecule has 1 aromatic heterocycles. The predicted molar refractivity (Wildman–Crippen MR) is 92.0 cm³/mol. The number of rotatable bonds is 8. The van der Waals surface area contributed by atoms with Gasteiger partial charge in [-0.1, -0.05) is 13.8 Å². The molecule has 2 aromatic rings. The van der Waals surface area contributed by atoms with Crippen molar-refractivity contribution in [1.29, 1.82) is 0 Å². The summed E-state index contributed by atoms with van der Waals surface area (Å²) in [5.41, 5.74) is 5.08. The first-order chi connectivity index (χ1) is 12.3. The van der Waals surface area contributed by atoms with E-state index in [4.69, 9.17) is 10.5 Å². The zero-order valence-corrected chi connectivity index (χ0v) is 14.7. The molecular weight excluding hydrogens is 348 g/mol. The van der Waals surface area contributed by atoms with Crippen LogP contribution in [0.3, 0.4) is 0 Å². The summed E-state index contributed by atoms with van der Waals surface area (Å²) in [5, 5.41) is 0. The molecule has 0 saturated carbocycles. The van der Waals surface area contributed by atoms with Gasteiger partial charge in [-0.05, 0) is 48.6 Å². The Labute approximate surface area is 150 Å². The molecule has 3 nitrogen and oxygen atoms in total. The van der Waals surface area contributed by atoms with Crippen LogP contribution in [0.15, 0.2) is 30.5 Å². The van der Waals surface area contributed by atoms with Crippen molar-refractivity contribution in [3.05, 3.63) is 47.8 Å². The maximum Gasteiger partial charge on any atom is 0.280 e. The number of hydrogen-bond acceptors (Lipinski definition) is 3. The third kappa shape index (κ3) is 5.17. The molecule has 2 atom stereocenters. The summed E-state index contributed by atoms with van der Waals surface area (Å²) in [4.78, 5) is 3.51. The van der Waals surface area contributed by atoms with E-state index in [2.05, 4.69) is 4.98 Å². The fourth-order valence-electron chi connectivity index (χ4n) is 2.68. The number of nitrogens with two attached hydrogens (primary N) is 1. The van der Waals surface area contributed by atoms with Crippen LogP contribution in [0.25, 0.3) is 11.1 Å². The highest BCUT2D eigenvalue weighted by atomic mass is 19.3. The second-order valence-electron chi connectivity index (χ2n) is 6.53. The fourth-order valence-corrected chi connectivity index (χ4v) is 2.68. The summed E-state index contributed by atoms with van der Waals surface area (Å²) >= 11 is 0. The van der Waals surface area contributed by atoms with Crippen molar-refractivity contribution in [2.45, 2.75) is 26.7 Å². The number of benzene rings is 1. The van der Waals surface area contributed by atoms with Gasteiger partial charge in [0.2, 0.25) is 0 Å². The molecule has 2 unspecified atom stereocenters. The smallest absolute Gasteiger partial charge is 0.280 e. The third-order valence-corrected chi connectivity index (χ3v) is 4.07. The number of aromatic nitrogens is 1. The molecule has 0 radical (unpaired) electrons. The normalized spacial score (nSPS) is 13.7. The molecule has 0 spiro atoms. The van der Waals surface area contributed by atoms with Gasteiger partial charge in [-0.15, -0.1) is 0 Å². The summed E-state index contributed by atoms with van der Waals surface area (Å²) in [5.74, 6) is -1.27. The zero-order valence-electron chi connectivity index (χ0n) is 14.7. The largest absolute Gasteiger partial charge is 0.490 e. The Balaban J connectivity index is 2.16. The van der Waals surface area contributed by atoms with Crippen molar-refractivity contribution < 1.29 is 22.3 Å². The number of hydrogen-bond donors (Lipinski definition) is 1. The summed E-state index contributed by atoms with van der Waals surface area (Å²) in [7, 11) is 0. The first-order valence-corrected chi connectivity index (χ1v) is 8.38. The van der Waals surface area contributed by atoms with Crippen molar-refractivity contribution in [1.82, 2.24) is 4.98 Å². The minimum atomic E-state index is -2.79. The van der Waals surface area contributed by atoms with Crippen LogP contribution < -0.4 is 10.5 Å². The lowest BCUT2D eigenvalue weighted by atomic mass is 9.98. The SMILES string of the molecule is CC(CN)CC(C)COc1cc(F)c(-c2ccnc(C(F)F)c2)cc1F. The van der Waals surface area contributed by atoms with Gasteiger partial charge in [0.15, 0.2) is 11.6 Å². The van der Waals surface area contributed by atoms with E-state index in [0.29, 0.717) is 12.5 Å². The monoisotopic (exact) mass is 370 g/mol. The van der Waals surface area contributed by atoms with E-state index in [1.807, 2.05) is 13.8 Å². The van der Waals surface area contributed by atoms with E-state index in [1.165, 1.54) is 6.07 Å². The number of pyridine rings is 1. The quantitative estimate of drug-likeness (QED) is 0.668. The molecule has 0 aliphatic carbocycles. The Morgan fingerprint density at radius 3 is 2.46 bits per heavy atom. The van der Waals surface area contributed by atoms with E-state index in [1.54, 1.807) is 0 Å². The Hall–Kier alpha value is -2.15. The summed E-state index contributed by atoms with van der Waals surface area (Å²) < 4.78 is 59.5. The molecule has 26 heavy (non-hydrogen) atoms. The molecule has 2 rings (SSSR count). The Morgan fingerprint density at radius 1 is 1.08 bits per heavy atom. The summed E-state index contributed by atoms with van der Waals surface area (Å²) in [6, 6.07) is 4.27. The van der Waals surface area contributed by atoms with Gasteiger partial charge in [-0.3, -0.25) is 4.98 Å². The average molecular weight is 370 g/mol. The van der Waals surface area contributed by atoms with Gasteiger partial charge in [0.1, 0.15) is 11.5 Å². The van der Waals surface area contributed by atoms with Crippen LogP contribution in [0.2, 0.25) is 0 Å². The number of nitrogens with zero attached hydrogens (tertiary/aromatic N) is 1. The molecule has 1 heterocycles. The standard InChI is InChI=1S/C19H22F4N2O/c1-11(9-24)5-12(2)10-26-18-8-15(20)14(7-16(18)21)13-3-4-25-17(6-13)19(22)23/h3-4,6-8,11-12,19H,5,9-10,24H2,1-2H3. The number of alkyl halides is 2. The highest BCUT2D eigenvalue weighted by Gasteiger charge is 2.16. The van der Waals surface area contributed by atoms with E-state index in [-0.39, 0.29) is 29.4 Å². The van der Waals surface area contributed by atoms with Gasteiger partial charge in [-0.25, -0.2) is 17.6 Å². The van der Waals surface area contributed by atoms with Crippen molar-refractivity contribution in [3.8, 4) is 16.9 Å². The van der Waals surface area contributed by atoms with Crippen LogP contribution in [0.4, 0.5) is 17.6 Å². The minimum Gasteiger partial charge on any atom is -0.490 e. The zero-order chi connectivity index (χ0) is 19.3. The predicted octanol–water partition coefficient (Wildman–Crippen LogP) is 4.96. The molecule has 0 saturated heterocycles. The molecule has 0 aliphatic heterocycles. The molecule has 1 aromatic carbocycles. The second kappa shape index (κ2) is 8.98. The van der Waals surface area contributed by atoms with E-state index < -0.39 is 23.8 Å². The first kappa shape index (κ1) is 20.2. The van der Waals surface area contributed by atoms with Crippen molar-refractivity contribution in [2.24, 2.45) is 17.6 Å². The van der Waals surface area contributed by atoms with Gasteiger partial charge in [0.05, 0.1) is 6.61 Å². The topological polar surface area (TPSA) is 48.1 Å². The van der Waals surface area contributed by atoms with Gasteiger partial charge in [-0.2, -0.15) is 0 Å². The van der Waals surface area contributed by atoms with Gasteiger partial charge in [0, 0.05) is 17.8 Å². The van der Waals surface area contributed by atoms with Gasteiger partial charge in [0.25, 0.3) is 6.43 Å². The van der Waals surface area contributed by atoms with E-state index in [9.17, 15) is 17.6 Å². The van der Waals surface area contributed by atoms with Crippen LogP contribution in [0, 0.1) is 23.5 Å². The molecule has 0 aliphatic rings. The number of ether oxygens (including phenoxy) is 1. The lowest BCUT2D eigenvalue weighted by molar-refractivity contribution is 0.146. The average Bonchev–Trinajstić information content (AvgIpc) is 2.62. The summed E-state index contributed by atoms with van der Waals surface area (Å²) in [6.45, 7) is 4.73. The van der Waals surface area contributed by atoms with E-state index >= 15 is 0 Å². The highest BCUT2D eigenvalue weighted by molar-refractivity contribution is 5.65. The summed E-state index contributed by atoms with van der Waals surface area (Å²) in [6.07, 6.45) is -0.840. The lowest BCUT2D eigenvalue weighted by Crippen LogP contribution is -2.18. The van der Waals surface area contributed by atoms with Gasteiger partial charge < -0.3 is 10.5 Å². The minimum absolute atomic E-state index is 0.121. The fraction of sp³-hybridized carbons (Fsp3) is 0.421. The molecule has 0 bridgehead atoms. The Kier molecular flexibility index (Phi) is 6.97. The van der Waals surface area contributed by atoms with E-state index in [0.717, 1.165) is 30.8 Å². The van der Waals surface area contributed by atoms with Crippen LogP contribution in [-0.2, 0) is 0 Å². The van der Waals surface area contributed by atoms with Crippen molar-refractivity contribution in [2.75, 3.05) is 13.2 Å². The maximum atomic E-state index is 14.4. The van der Waals surface area contributed by atoms with Gasteiger partial charge >= 0.3 is 0 Å². The third-order valence-electron chi connectivity index (χ3n) is 4.07. The molecule has 0 amide bonds. The van der Waals surface area contributed by atoms with Crippen LogP contribution in [-0.4, -0.2) is 18.1 Å². The maximum absolute atomic E-state index is 14.4. The molecular formula is C19H22F4N2O. The lowest BCUT2D eigenvalue weighted by Gasteiger charge is -2.17. The molecule has 2 N–H and O–H groups in total. The molecule has 142 valence electrons. The first-order valence-electron chi connectivity index (χ1n) is 8.38. The second-order valence-corrected chi connectivity index (χ2v) is 6.53. The van der Waals surface area contributed by atoms with Crippen molar-refractivity contribution in [3.63, 3.8) is 0 Å². The Bertz CT molecular complexity index is 739.